The quantitative estimate of drug-likeness (QED) is 0.842. The highest BCUT2D eigenvalue weighted by Gasteiger charge is 2.21. The summed E-state index contributed by atoms with van der Waals surface area (Å²) >= 11 is 0. The normalized spacial score (nSPS) is 19.4. The average Bonchev–Trinajstić information content (AvgIpc) is 2.48. The predicted octanol–water partition coefficient (Wildman–Crippen LogP) is 2.42. The Balaban J connectivity index is 1.95. The number of nitrogen functional groups attached to an aromatic ring is 1. The highest BCUT2D eigenvalue weighted by molar-refractivity contribution is 5.98. The van der Waals surface area contributed by atoms with Crippen LogP contribution < -0.4 is 10.6 Å². The van der Waals surface area contributed by atoms with Crippen LogP contribution in [0.4, 0.5) is 11.4 Å². The fourth-order valence-corrected chi connectivity index (χ4v) is 3.16. The number of aliphatic hydroxyl groups excluding tert-OH is 1. The van der Waals surface area contributed by atoms with Crippen LogP contribution in [0.25, 0.3) is 10.9 Å². The summed E-state index contributed by atoms with van der Waals surface area (Å²) in [6, 6.07) is 8.04. The van der Waals surface area contributed by atoms with E-state index in [1.807, 2.05) is 18.3 Å². The van der Waals surface area contributed by atoms with Gasteiger partial charge in [0.25, 0.3) is 0 Å². The third-order valence-corrected chi connectivity index (χ3v) is 4.18. The predicted molar refractivity (Wildman–Crippen MR) is 82.8 cm³/mol. The van der Waals surface area contributed by atoms with Crippen molar-refractivity contribution in [3.05, 3.63) is 30.5 Å². The van der Waals surface area contributed by atoms with Gasteiger partial charge in [0.15, 0.2) is 0 Å². The number of benzene rings is 1. The number of aliphatic hydroxyl groups is 1. The number of piperidine rings is 1. The van der Waals surface area contributed by atoms with E-state index >= 15 is 0 Å². The van der Waals surface area contributed by atoms with Crippen LogP contribution in [0.3, 0.4) is 0 Å². The molecule has 0 saturated carbocycles. The van der Waals surface area contributed by atoms with E-state index in [1.54, 1.807) is 0 Å². The van der Waals surface area contributed by atoms with Crippen molar-refractivity contribution in [2.75, 3.05) is 30.3 Å². The van der Waals surface area contributed by atoms with E-state index in [9.17, 15) is 0 Å². The summed E-state index contributed by atoms with van der Waals surface area (Å²) in [5.41, 5.74) is 8.84. The van der Waals surface area contributed by atoms with Gasteiger partial charge in [-0.25, -0.2) is 0 Å². The molecule has 0 bridgehead atoms. The number of rotatable bonds is 3. The first kappa shape index (κ1) is 13.2. The Morgan fingerprint density at radius 2 is 2.25 bits per heavy atom. The molecule has 1 atom stereocenters. The van der Waals surface area contributed by atoms with Crippen molar-refractivity contribution in [1.29, 1.82) is 0 Å². The molecule has 106 valence electrons. The smallest absolute Gasteiger partial charge is 0.0951 e. The van der Waals surface area contributed by atoms with Gasteiger partial charge in [-0.1, -0.05) is 12.1 Å². The first-order chi connectivity index (χ1) is 9.79. The zero-order valence-electron chi connectivity index (χ0n) is 11.6. The molecular formula is C16H21N3O. The number of hydrogen-bond donors (Lipinski definition) is 2. The van der Waals surface area contributed by atoms with Crippen LogP contribution in [0.5, 0.6) is 0 Å². The van der Waals surface area contributed by atoms with Crippen molar-refractivity contribution in [1.82, 2.24) is 4.98 Å². The molecule has 3 N–H and O–H groups in total. The van der Waals surface area contributed by atoms with Gasteiger partial charge >= 0.3 is 0 Å². The Morgan fingerprint density at radius 3 is 3.10 bits per heavy atom. The van der Waals surface area contributed by atoms with Crippen molar-refractivity contribution in [2.24, 2.45) is 5.92 Å². The van der Waals surface area contributed by atoms with E-state index in [0.717, 1.165) is 36.1 Å². The highest BCUT2D eigenvalue weighted by Crippen LogP contribution is 2.31. The van der Waals surface area contributed by atoms with Gasteiger partial charge in [0.2, 0.25) is 0 Å². The van der Waals surface area contributed by atoms with Gasteiger partial charge in [-0.15, -0.1) is 0 Å². The first-order valence-electron chi connectivity index (χ1n) is 7.28. The van der Waals surface area contributed by atoms with Crippen molar-refractivity contribution in [2.45, 2.75) is 19.3 Å². The van der Waals surface area contributed by atoms with Gasteiger partial charge < -0.3 is 15.7 Å². The number of nitrogens with two attached hydrogens (primary N) is 1. The topological polar surface area (TPSA) is 62.4 Å². The van der Waals surface area contributed by atoms with Crippen molar-refractivity contribution in [3.8, 4) is 0 Å². The number of hydrogen-bond acceptors (Lipinski definition) is 4. The van der Waals surface area contributed by atoms with Gasteiger partial charge in [-0.05, 0) is 37.3 Å². The summed E-state index contributed by atoms with van der Waals surface area (Å²) in [6.07, 6.45) is 5.12. The standard InChI is InChI=1S/C16H21N3O/c17-14-5-1-4-13-15(6-8-18-16(13)14)19-9-2-3-12(11-19)7-10-20/h1,4-6,8,12,20H,2-3,7,9-11,17H2. The number of fused-ring (bicyclic) bond motifs is 1. The molecule has 0 aliphatic carbocycles. The van der Waals surface area contributed by atoms with Gasteiger partial charge in [-0.3, -0.25) is 4.98 Å². The Morgan fingerprint density at radius 1 is 1.35 bits per heavy atom. The molecule has 1 unspecified atom stereocenters. The SMILES string of the molecule is Nc1cccc2c(N3CCCC(CCO)C3)ccnc12. The molecule has 4 heteroatoms. The molecule has 1 aromatic heterocycles. The third kappa shape index (κ3) is 2.43. The largest absolute Gasteiger partial charge is 0.397 e. The van der Waals surface area contributed by atoms with Crippen molar-refractivity contribution >= 4 is 22.3 Å². The van der Waals surface area contributed by atoms with E-state index in [-0.39, 0.29) is 6.61 Å². The number of para-hydroxylation sites is 1. The van der Waals surface area contributed by atoms with E-state index in [2.05, 4.69) is 22.0 Å². The van der Waals surface area contributed by atoms with E-state index < -0.39 is 0 Å². The lowest BCUT2D eigenvalue weighted by atomic mass is 9.94. The number of nitrogens with zero attached hydrogens (tertiary/aromatic N) is 2. The molecule has 1 aliphatic rings. The van der Waals surface area contributed by atoms with E-state index in [0.29, 0.717) is 5.92 Å². The fraction of sp³-hybridized carbons (Fsp3) is 0.438. The minimum Gasteiger partial charge on any atom is -0.397 e. The second kappa shape index (κ2) is 5.67. The molecule has 0 amide bonds. The summed E-state index contributed by atoms with van der Waals surface area (Å²) in [6.45, 7) is 2.35. The Labute approximate surface area is 119 Å². The first-order valence-corrected chi connectivity index (χ1v) is 7.28. The Kier molecular flexibility index (Phi) is 3.74. The molecule has 1 fully saturated rings. The second-order valence-electron chi connectivity index (χ2n) is 5.54. The van der Waals surface area contributed by atoms with Gasteiger partial charge in [0.05, 0.1) is 11.2 Å². The summed E-state index contributed by atoms with van der Waals surface area (Å²) in [5, 5.41) is 10.3. The zero-order chi connectivity index (χ0) is 13.9. The van der Waals surface area contributed by atoms with Crippen LogP contribution in [0.15, 0.2) is 30.5 Å². The van der Waals surface area contributed by atoms with Crippen LogP contribution >= 0.6 is 0 Å². The molecule has 3 rings (SSSR count). The minimum absolute atomic E-state index is 0.280. The maximum Gasteiger partial charge on any atom is 0.0951 e. The Hall–Kier alpha value is -1.81. The van der Waals surface area contributed by atoms with Gasteiger partial charge in [-0.2, -0.15) is 0 Å². The maximum absolute atomic E-state index is 9.14. The summed E-state index contributed by atoms with van der Waals surface area (Å²) in [4.78, 5) is 6.81. The molecule has 4 nitrogen and oxygen atoms in total. The molecule has 0 spiro atoms. The van der Waals surface area contributed by atoms with Crippen LogP contribution in [-0.2, 0) is 0 Å². The lowest BCUT2D eigenvalue weighted by Crippen LogP contribution is -2.35. The summed E-state index contributed by atoms with van der Waals surface area (Å²) in [7, 11) is 0. The molecule has 2 heterocycles. The summed E-state index contributed by atoms with van der Waals surface area (Å²) in [5.74, 6) is 0.582. The second-order valence-corrected chi connectivity index (χ2v) is 5.54. The lowest BCUT2D eigenvalue weighted by molar-refractivity contribution is 0.244. The number of anilines is 2. The third-order valence-electron chi connectivity index (χ3n) is 4.18. The monoisotopic (exact) mass is 271 g/mol. The van der Waals surface area contributed by atoms with Crippen LogP contribution in [0.2, 0.25) is 0 Å². The van der Waals surface area contributed by atoms with E-state index in [1.165, 1.54) is 18.5 Å². The van der Waals surface area contributed by atoms with Gasteiger partial charge in [0, 0.05) is 37.0 Å². The zero-order valence-corrected chi connectivity index (χ0v) is 11.6. The fourth-order valence-electron chi connectivity index (χ4n) is 3.16. The molecule has 1 aliphatic heterocycles. The lowest BCUT2D eigenvalue weighted by Gasteiger charge is -2.34. The number of pyridine rings is 1. The van der Waals surface area contributed by atoms with Crippen LogP contribution in [0.1, 0.15) is 19.3 Å². The van der Waals surface area contributed by atoms with Crippen molar-refractivity contribution < 1.29 is 5.11 Å². The molecule has 1 aromatic carbocycles. The van der Waals surface area contributed by atoms with E-state index in [4.69, 9.17) is 10.8 Å². The maximum atomic E-state index is 9.14. The van der Waals surface area contributed by atoms with Crippen LogP contribution in [0, 0.1) is 5.92 Å². The Bertz CT molecular complexity index is 597. The highest BCUT2D eigenvalue weighted by atomic mass is 16.3. The number of aromatic nitrogens is 1. The van der Waals surface area contributed by atoms with Gasteiger partial charge in [0.1, 0.15) is 0 Å². The molecule has 1 saturated heterocycles. The van der Waals surface area contributed by atoms with Crippen LogP contribution in [-0.4, -0.2) is 29.8 Å². The molecule has 0 radical (unpaired) electrons. The minimum atomic E-state index is 0.280. The molecule has 20 heavy (non-hydrogen) atoms. The average molecular weight is 271 g/mol. The molecule has 2 aromatic rings. The van der Waals surface area contributed by atoms with Crippen molar-refractivity contribution in [3.63, 3.8) is 0 Å². The summed E-state index contributed by atoms with van der Waals surface area (Å²) < 4.78 is 0. The molecular weight excluding hydrogens is 250 g/mol.